The molecule has 0 bridgehead atoms. The number of ether oxygens (including phenoxy) is 1. The van der Waals surface area contributed by atoms with E-state index in [0.29, 0.717) is 50.9 Å². The van der Waals surface area contributed by atoms with E-state index in [0.717, 1.165) is 13.1 Å². The van der Waals surface area contributed by atoms with Crippen molar-refractivity contribution in [1.29, 1.82) is 0 Å². The molecule has 1 saturated heterocycles. The molecule has 2 aliphatic rings. The van der Waals surface area contributed by atoms with Crippen LogP contribution < -0.4 is 4.74 Å². The topological polar surface area (TPSA) is 49.8 Å². The minimum atomic E-state index is -0.215. The van der Waals surface area contributed by atoms with Gasteiger partial charge in [0.1, 0.15) is 11.5 Å². The molecule has 2 heterocycles. The predicted octanol–water partition coefficient (Wildman–Crippen LogP) is 5.79. The smallest absolute Gasteiger partial charge is 0.231 e. The standard InChI is InChI=1S/C23H23Cl2NO3/c1-13-7-14(2)11-26(10-13)12-18-20(27)6-5-17-22(28)21(29-23(17)18)8-15-3-4-16(24)9-19(15)25/h3-6,8-9,13-14,27H,7,10-12H2,1-2H3/t13-,14+. The van der Waals surface area contributed by atoms with E-state index in [1.165, 1.54) is 6.42 Å². The molecule has 0 aliphatic carbocycles. The van der Waals surface area contributed by atoms with Crippen molar-refractivity contribution < 1.29 is 14.6 Å². The maximum atomic E-state index is 12.9. The zero-order chi connectivity index (χ0) is 20.7. The highest BCUT2D eigenvalue weighted by molar-refractivity contribution is 6.35. The first-order valence-electron chi connectivity index (χ1n) is 9.78. The Hall–Kier alpha value is -2.01. The number of fused-ring (bicyclic) bond motifs is 1. The molecule has 29 heavy (non-hydrogen) atoms. The van der Waals surface area contributed by atoms with Gasteiger partial charge in [0.25, 0.3) is 0 Å². The van der Waals surface area contributed by atoms with Crippen LogP contribution in [-0.4, -0.2) is 28.9 Å². The van der Waals surface area contributed by atoms with Gasteiger partial charge >= 0.3 is 0 Å². The van der Waals surface area contributed by atoms with Gasteiger partial charge in [0.15, 0.2) is 5.76 Å². The number of phenols is 1. The number of nitrogens with zero attached hydrogens (tertiary/aromatic N) is 1. The van der Waals surface area contributed by atoms with Crippen molar-refractivity contribution in [2.45, 2.75) is 26.8 Å². The zero-order valence-corrected chi connectivity index (χ0v) is 17.9. The quantitative estimate of drug-likeness (QED) is 0.624. The lowest BCUT2D eigenvalue weighted by molar-refractivity contribution is 0.101. The van der Waals surface area contributed by atoms with Gasteiger partial charge in [0.2, 0.25) is 5.78 Å². The molecule has 2 aliphatic heterocycles. The Bertz CT molecular complexity index is 992. The Labute approximate surface area is 180 Å². The summed E-state index contributed by atoms with van der Waals surface area (Å²) in [5, 5.41) is 11.5. The number of aromatic hydroxyl groups is 1. The van der Waals surface area contributed by atoms with Crippen molar-refractivity contribution in [3.63, 3.8) is 0 Å². The monoisotopic (exact) mass is 431 g/mol. The van der Waals surface area contributed by atoms with E-state index in [2.05, 4.69) is 18.7 Å². The van der Waals surface area contributed by atoms with Crippen LogP contribution in [0.1, 0.15) is 41.8 Å². The van der Waals surface area contributed by atoms with Gasteiger partial charge in [0.05, 0.1) is 11.1 Å². The molecule has 4 nitrogen and oxygen atoms in total. The van der Waals surface area contributed by atoms with E-state index in [-0.39, 0.29) is 17.3 Å². The van der Waals surface area contributed by atoms with Crippen LogP contribution in [-0.2, 0) is 6.54 Å². The third kappa shape index (κ3) is 4.16. The molecule has 152 valence electrons. The normalized spacial score (nSPS) is 23.3. The number of halogens is 2. The Morgan fingerprint density at radius 3 is 2.59 bits per heavy atom. The average molecular weight is 432 g/mol. The summed E-state index contributed by atoms with van der Waals surface area (Å²) in [5.74, 6) is 1.76. The summed E-state index contributed by atoms with van der Waals surface area (Å²) in [6, 6.07) is 8.26. The number of rotatable bonds is 3. The second-order valence-electron chi connectivity index (χ2n) is 8.19. The minimum Gasteiger partial charge on any atom is -0.507 e. The Balaban J connectivity index is 1.65. The number of hydrogen-bond donors (Lipinski definition) is 1. The fourth-order valence-corrected chi connectivity index (χ4v) is 4.82. The fourth-order valence-electron chi connectivity index (χ4n) is 4.35. The van der Waals surface area contributed by atoms with E-state index in [4.69, 9.17) is 27.9 Å². The molecule has 6 heteroatoms. The number of piperidine rings is 1. The molecule has 0 amide bonds. The van der Waals surface area contributed by atoms with Gasteiger partial charge < -0.3 is 9.84 Å². The lowest BCUT2D eigenvalue weighted by Crippen LogP contribution is -2.38. The summed E-state index contributed by atoms with van der Waals surface area (Å²) in [6.07, 6.45) is 2.83. The van der Waals surface area contributed by atoms with Gasteiger partial charge in [-0.15, -0.1) is 0 Å². The summed E-state index contributed by atoms with van der Waals surface area (Å²) in [6.45, 7) is 6.96. The predicted molar refractivity (Wildman–Crippen MR) is 116 cm³/mol. The number of benzene rings is 2. The summed E-state index contributed by atoms with van der Waals surface area (Å²) in [5.41, 5.74) is 1.77. The summed E-state index contributed by atoms with van der Waals surface area (Å²) >= 11 is 12.2. The summed E-state index contributed by atoms with van der Waals surface area (Å²) in [7, 11) is 0. The molecule has 2 atom stereocenters. The van der Waals surface area contributed by atoms with E-state index >= 15 is 0 Å². The van der Waals surface area contributed by atoms with E-state index < -0.39 is 0 Å². The van der Waals surface area contributed by atoms with Crippen LogP contribution in [0.4, 0.5) is 0 Å². The summed E-state index contributed by atoms with van der Waals surface area (Å²) in [4.78, 5) is 15.2. The maximum Gasteiger partial charge on any atom is 0.231 e. The second kappa shape index (κ2) is 8.02. The van der Waals surface area contributed by atoms with E-state index in [1.807, 2.05) is 0 Å². The molecular formula is C23H23Cl2NO3. The summed E-state index contributed by atoms with van der Waals surface area (Å²) < 4.78 is 5.95. The van der Waals surface area contributed by atoms with E-state index in [1.54, 1.807) is 36.4 Å². The third-order valence-electron chi connectivity index (χ3n) is 5.49. The molecule has 2 aromatic carbocycles. The van der Waals surface area contributed by atoms with Crippen molar-refractivity contribution in [2.75, 3.05) is 13.1 Å². The number of hydrogen-bond acceptors (Lipinski definition) is 4. The van der Waals surface area contributed by atoms with Crippen LogP contribution in [0.15, 0.2) is 36.1 Å². The number of phenolic OH excluding ortho intramolecular Hbond substituents is 1. The number of ketones is 1. The lowest BCUT2D eigenvalue weighted by atomic mass is 9.91. The van der Waals surface area contributed by atoms with Gasteiger partial charge in [-0.25, -0.2) is 0 Å². The molecule has 1 N–H and O–H groups in total. The molecule has 4 rings (SSSR count). The van der Waals surface area contributed by atoms with Crippen molar-refractivity contribution >= 4 is 35.1 Å². The van der Waals surface area contributed by atoms with Crippen LogP contribution in [0.3, 0.4) is 0 Å². The number of Topliss-reactive ketones (excluding diaryl/α,β-unsaturated/α-hetero) is 1. The van der Waals surface area contributed by atoms with Crippen molar-refractivity contribution in [3.8, 4) is 11.5 Å². The Kier molecular flexibility index (Phi) is 5.60. The van der Waals surface area contributed by atoms with Crippen molar-refractivity contribution in [3.05, 3.63) is 62.8 Å². The van der Waals surface area contributed by atoms with Crippen molar-refractivity contribution in [1.82, 2.24) is 4.90 Å². The van der Waals surface area contributed by atoms with Crippen LogP contribution in [0, 0.1) is 11.8 Å². The number of carbonyl (C=O) groups is 1. The first-order chi connectivity index (χ1) is 13.8. The highest BCUT2D eigenvalue weighted by atomic mass is 35.5. The van der Waals surface area contributed by atoms with Gasteiger partial charge in [-0.05, 0) is 54.2 Å². The highest BCUT2D eigenvalue weighted by Gasteiger charge is 2.32. The maximum absolute atomic E-state index is 12.9. The lowest BCUT2D eigenvalue weighted by Gasteiger charge is -2.35. The number of allylic oxidation sites excluding steroid dienone is 1. The van der Waals surface area contributed by atoms with Crippen LogP contribution >= 0.6 is 23.2 Å². The van der Waals surface area contributed by atoms with Gasteiger partial charge in [-0.2, -0.15) is 0 Å². The first kappa shape index (κ1) is 20.3. The SMILES string of the molecule is C[C@@H]1C[C@H](C)CN(Cc2c(O)ccc3c2OC(=Cc2ccc(Cl)cc2Cl)C3=O)C1. The van der Waals surface area contributed by atoms with Gasteiger partial charge in [-0.1, -0.05) is 43.1 Å². The molecular weight excluding hydrogens is 409 g/mol. The third-order valence-corrected chi connectivity index (χ3v) is 6.05. The molecule has 2 aromatic rings. The van der Waals surface area contributed by atoms with Crippen LogP contribution in [0.2, 0.25) is 10.0 Å². The molecule has 0 unspecified atom stereocenters. The first-order valence-corrected chi connectivity index (χ1v) is 10.5. The number of likely N-dealkylation sites (tertiary alicyclic amines) is 1. The van der Waals surface area contributed by atoms with Crippen LogP contribution in [0.5, 0.6) is 11.5 Å². The van der Waals surface area contributed by atoms with Gasteiger partial charge in [0, 0.05) is 29.7 Å². The van der Waals surface area contributed by atoms with Crippen molar-refractivity contribution in [2.24, 2.45) is 11.8 Å². The molecule has 0 radical (unpaired) electrons. The molecule has 0 spiro atoms. The molecule has 1 fully saturated rings. The molecule has 0 saturated carbocycles. The Morgan fingerprint density at radius 1 is 1.17 bits per heavy atom. The minimum absolute atomic E-state index is 0.146. The second-order valence-corrected chi connectivity index (χ2v) is 9.03. The zero-order valence-electron chi connectivity index (χ0n) is 16.4. The van der Waals surface area contributed by atoms with Gasteiger partial charge in [-0.3, -0.25) is 9.69 Å². The Morgan fingerprint density at radius 2 is 1.90 bits per heavy atom. The number of carbonyl (C=O) groups excluding carboxylic acids is 1. The largest absolute Gasteiger partial charge is 0.507 e. The van der Waals surface area contributed by atoms with Crippen LogP contribution in [0.25, 0.3) is 6.08 Å². The average Bonchev–Trinajstić information content (AvgIpc) is 2.95. The van der Waals surface area contributed by atoms with E-state index in [9.17, 15) is 9.90 Å². The molecule has 0 aromatic heterocycles. The fraction of sp³-hybridized carbons (Fsp3) is 0.348. The highest BCUT2D eigenvalue weighted by Crippen LogP contribution is 2.41.